The van der Waals surface area contributed by atoms with E-state index in [1.165, 1.54) is 0 Å². The number of methoxy groups -OCH3 is 1. The first kappa shape index (κ1) is 25.8. The van der Waals surface area contributed by atoms with Crippen LogP contribution in [0.4, 0.5) is 0 Å². The van der Waals surface area contributed by atoms with E-state index >= 15 is 0 Å². The molecular formula is C21H31ClIN5O3. The third-order valence-corrected chi connectivity index (χ3v) is 5.12. The van der Waals surface area contributed by atoms with Crippen LogP contribution < -0.4 is 5.32 Å². The normalized spacial score (nSPS) is 16.4. The number of hydrogen-bond acceptors (Lipinski definition) is 6. The lowest BCUT2D eigenvalue weighted by molar-refractivity contribution is 0.0536. The van der Waals surface area contributed by atoms with Crippen LogP contribution in [0.1, 0.15) is 19.2 Å². The number of halogens is 2. The lowest BCUT2D eigenvalue weighted by atomic mass is 10.1. The third-order valence-electron chi connectivity index (χ3n) is 4.86. The predicted octanol–water partition coefficient (Wildman–Crippen LogP) is 3.50. The van der Waals surface area contributed by atoms with E-state index in [4.69, 9.17) is 30.6 Å². The van der Waals surface area contributed by atoms with Gasteiger partial charge in [0.15, 0.2) is 5.96 Å². The average molecular weight is 564 g/mol. The summed E-state index contributed by atoms with van der Waals surface area (Å²) in [6.07, 6.45) is 1.69. The number of aromatic nitrogens is 2. The molecule has 3 rings (SSSR count). The Morgan fingerprint density at radius 1 is 1.32 bits per heavy atom. The van der Waals surface area contributed by atoms with Crippen LogP contribution in [0.25, 0.3) is 11.4 Å². The van der Waals surface area contributed by atoms with E-state index in [0.717, 1.165) is 44.2 Å². The number of ether oxygens (including phenoxy) is 2. The molecule has 1 aromatic carbocycles. The number of rotatable bonds is 10. The molecule has 0 saturated carbocycles. The van der Waals surface area contributed by atoms with Gasteiger partial charge in [-0.15, -0.1) is 24.0 Å². The summed E-state index contributed by atoms with van der Waals surface area (Å²) in [5.74, 6) is 2.58. The topological polar surface area (TPSA) is 85.0 Å². The molecule has 10 heteroatoms. The Bertz CT molecular complexity index is 803. The Morgan fingerprint density at radius 2 is 2.13 bits per heavy atom. The Morgan fingerprint density at radius 3 is 2.87 bits per heavy atom. The zero-order valence-electron chi connectivity index (χ0n) is 18.1. The number of benzene rings is 1. The zero-order chi connectivity index (χ0) is 21.2. The molecule has 0 aliphatic carbocycles. The first-order chi connectivity index (χ1) is 14.7. The molecule has 0 amide bonds. The van der Waals surface area contributed by atoms with E-state index in [0.29, 0.717) is 48.8 Å². The zero-order valence-corrected chi connectivity index (χ0v) is 21.1. The molecule has 1 unspecified atom stereocenters. The summed E-state index contributed by atoms with van der Waals surface area (Å²) in [5, 5.41) is 8.11. The van der Waals surface area contributed by atoms with Crippen molar-refractivity contribution in [2.75, 3.05) is 53.1 Å². The average Bonchev–Trinajstić information content (AvgIpc) is 3.41. The van der Waals surface area contributed by atoms with Gasteiger partial charge < -0.3 is 24.2 Å². The minimum atomic E-state index is 0. The van der Waals surface area contributed by atoms with E-state index < -0.39 is 0 Å². The van der Waals surface area contributed by atoms with Gasteiger partial charge in [-0.1, -0.05) is 16.8 Å². The maximum atomic E-state index is 5.93. The van der Waals surface area contributed by atoms with E-state index in [1.54, 1.807) is 7.11 Å². The first-order valence-corrected chi connectivity index (χ1v) is 10.8. The van der Waals surface area contributed by atoms with Crippen LogP contribution in [0.3, 0.4) is 0 Å². The van der Waals surface area contributed by atoms with Crippen LogP contribution in [0.15, 0.2) is 33.8 Å². The second-order valence-corrected chi connectivity index (χ2v) is 7.61. The summed E-state index contributed by atoms with van der Waals surface area (Å²) in [6.45, 7) is 7.44. The molecule has 172 valence electrons. The molecule has 1 aliphatic rings. The van der Waals surface area contributed by atoms with Gasteiger partial charge in [-0.25, -0.2) is 0 Å². The standard InChI is InChI=1S/C21H30ClN5O3.HI/c1-3-23-21(27-11-9-16(14-27)15-29-13-12-28-2)24-10-8-19-25-20(26-30-19)17-4-6-18(22)7-5-17;/h4-7,16H,3,8-15H2,1-2H3,(H,23,24);1H. The third kappa shape index (κ3) is 8.21. The van der Waals surface area contributed by atoms with Crippen LogP contribution in [-0.4, -0.2) is 74.1 Å². The van der Waals surface area contributed by atoms with Crippen LogP contribution >= 0.6 is 35.6 Å². The highest BCUT2D eigenvalue weighted by atomic mass is 127. The van der Waals surface area contributed by atoms with Gasteiger partial charge in [-0.05, 0) is 37.6 Å². The predicted molar refractivity (Wildman–Crippen MR) is 132 cm³/mol. The molecule has 1 atom stereocenters. The van der Waals surface area contributed by atoms with Crippen molar-refractivity contribution in [3.63, 3.8) is 0 Å². The molecule has 0 spiro atoms. The number of nitrogens with one attached hydrogen (secondary N) is 1. The largest absolute Gasteiger partial charge is 0.382 e. The second-order valence-electron chi connectivity index (χ2n) is 7.17. The fraction of sp³-hybridized carbons (Fsp3) is 0.571. The molecule has 31 heavy (non-hydrogen) atoms. The maximum absolute atomic E-state index is 5.93. The molecule has 1 N–H and O–H groups in total. The smallest absolute Gasteiger partial charge is 0.228 e. The van der Waals surface area contributed by atoms with Crippen molar-refractivity contribution in [2.45, 2.75) is 19.8 Å². The van der Waals surface area contributed by atoms with Crippen LogP contribution in [0, 0.1) is 5.92 Å². The summed E-state index contributed by atoms with van der Waals surface area (Å²) in [7, 11) is 1.69. The van der Waals surface area contributed by atoms with E-state index in [2.05, 4.69) is 27.3 Å². The summed E-state index contributed by atoms with van der Waals surface area (Å²) in [5.41, 5.74) is 0.877. The van der Waals surface area contributed by atoms with E-state index in [9.17, 15) is 0 Å². The van der Waals surface area contributed by atoms with Gasteiger partial charge in [-0.2, -0.15) is 4.98 Å². The van der Waals surface area contributed by atoms with Crippen molar-refractivity contribution in [2.24, 2.45) is 10.9 Å². The number of likely N-dealkylation sites (tertiary alicyclic amines) is 1. The van der Waals surface area contributed by atoms with Crippen molar-refractivity contribution < 1.29 is 14.0 Å². The van der Waals surface area contributed by atoms with Crippen LogP contribution in [0.2, 0.25) is 5.02 Å². The van der Waals surface area contributed by atoms with Crippen molar-refractivity contribution in [3.8, 4) is 11.4 Å². The summed E-state index contributed by atoms with van der Waals surface area (Å²) in [4.78, 5) is 11.5. The number of aliphatic imine (C=N–C) groups is 1. The van der Waals surface area contributed by atoms with Gasteiger partial charge in [0.25, 0.3) is 0 Å². The molecule has 8 nitrogen and oxygen atoms in total. The van der Waals surface area contributed by atoms with Gasteiger partial charge in [0.1, 0.15) is 0 Å². The van der Waals surface area contributed by atoms with Crippen LogP contribution in [-0.2, 0) is 15.9 Å². The van der Waals surface area contributed by atoms with E-state index in [-0.39, 0.29) is 24.0 Å². The second kappa shape index (κ2) is 13.9. The van der Waals surface area contributed by atoms with Crippen molar-refractivity contribution in [3.05, 3.63) is 35.2 Å². The number of hydrogen-bond donors (Lipinski definition) is 1. The molecule has 0 radical (unpaired) electrons. The summed E-state index contributed by atoms with van der Waals surface area (Å²) >= 11 is 5.93. The fourth-order valence-electron chi connectivity index (χ4n) is 3.31. The Hall–Kier alpha value is -1.43. The number of guanidine groups is 1. The Balaban J connectivity index is 0.00000341. The van der Waals surface area contributed by atoms with Gasteiger partial charge in [0, 0.05) is 49.7 Å². The molecule has 1 saturated heterocycles. The summed E-state index contributed by atoms with van der Waals surface area (Å²) in [6, 6.07) is 7.38. The Labute approximate surface area is 205 Å². The first-order valence-electron chi connectivity index (χ1n) is 10.4. The van der Waals surface area contributed by atoms with E-state index in [1.807, 2.05) is 24.3 Å². The quantitative estimate of drug-likeness (QED) is 0.205. The highest BCUT2D eigenvalue weighted by Crippen LogP contribution is 2.19. The van der Waals surface area contributed by atoms with Crippen molar-refractivity contribution in [1.82, 2.24) is 20.4 Å². The molecule has 1 aromatic heterocycles. The van der Waals surface area contributed by atoms with Gasteiger partial charge in [0.05, 0.1) is 26.4 Å². The fourth-order valence-corrected chi connectivity index (χ4v) is 3.44. The molecule has 1 aliphatic heterocycles. The minimum absolute atomic E-state index is 0. The molecule has 1 fully saturated rings. The van der Waals surface area contributed by atoms with Gasteiger partial charge in [0.2, 0.25) is 11.7 Å². The van der Waals surface area contributed by atoms with Gasteiger partial charge in [-0.3, -0.25) is 4.99 Å². The van der Waals surface area contributed by atoms with Crippen molar-refractivity contribution >= 4 is 41.5 Å². The highest BCUT2D eigenvalue weighted by Gasteiger charge is 2.25. The Kier molecular flexibility index (Phi) is 11.6. The molecule has 2 aromatic rings. The van der Waals surface area contributed by atoms with Crippen molar-refractivity contribution in [1.29, 1.82) is 0 Å². The summed E-state index contributed by atoms with van der Waals surface area (Å²) < 4.78 is 16.1. The van der Waals surface area contributed by atoms with Crippen LogP contribution in [0.5, 0.6) is 0 Å². The van der Waals surface area contributed by atoms with Gasteiger partial charge >= 0.3 is 0 Å². The number of nitrogens with zero attached hydrogens (tertiary/aromatic N) is 4. The monoisotopic (exact) mass is 563 g/mol. The maximum Gasteiger partial charge on any atom is 0.228 e. The lowest BCUT2D eigenvalue weighted by Gasteiger charge is -2.21. The molecular weight excluding hydrogens is 533 g/mol. The minimum Gasteiger partial charge on any atom is -0.382 e. The molecule has 2 heterocycles. The molecule has 0 bridgehead atoms. The highest BCUT2D eigenvalue weighted by molar-refractivity contribution is 14.0. The SMILES string of the molecule is CCNC(=NCCc1nc(-c2ccc(Cl)cc2)no1)N1CCC(COCCOC)C1.I. The lowest BCUT2D eigenvalue weighted by Crippen LogP contribution is -2.40.